The molecule has 0 aliphatic carbocycles. The summed E-state index contributed by atoms with van der Waals surface area (Å²) >= 11 is 0. The normalized spacial score (nSPS) is 11.4. The van der Waals surface area contributed by atoms with E-state index < -0.39 is 5.60 Å². The lowest BCUT2D eigenvalue weighted by molar-refractivity contribution is 0.0116. The number of nitrogens with zero attached hydrogens (tertiary/aromatic N) is 2. The van der Waals surface area contributed by atoms with Gasteiger partial charge in [-0.2, -0.15) is 0 Å². The molecule has 0 saturated carbocycles. The zero-order valence-corrected chi connectivity index (χ0v) is 8.46. The largest absolute Gasteiger partial charge is 0.373 e. The van der Waals surface area contributed by atoms with E-state index in [9.17, 15) is 0 Å². The molecule has 0 amide bonds. The molecule has 0 aliphatic heterocycles. The van der Waals surface area contributed by atoms with Crippen LogP contribution >= 0.6 is 0 Å². The van der Waals surface area contributed by atoms with Crippen LogP contribution < -0.4 is 5.32 Å². The lowest BCUT2D eigenvalue weighted by Gasteiger charge is -2.20. The molecular formula is C9H15N3O. The van der Waals surface area contributed by atoms with Gasteiger partial charge in [-0.3, -0.25) is 0 Å². The molecule has 1 aromatic heterocycles. The average molecular weight is 181 g/mol. The van der Waals surface area contributed by atoms with Crippen LogP contribution in [0.2, 0.25) is 0 Å². The van der Waals surface area contributed by atoms with Gasteiger partial charge >= 0.3 is 0 Å². The van der Waals surface area contributed by atoms with Crippen molar-refractivity contribution in [1.82, 2.24) is 9.97 Å². The van der Waals surface area contributed by atoms with E-state index in [2.05, 4.69) is 15.3 Å². The standard InChI is InChI=1S/C9H15N3O/c1-9(2,13-4)8-11-6-5-7(10-3)12-8/h5-6H,1-4H3,(H,10,11,12). The molecular weight excluding hydrogens is 166 g/mol. The van der Waals surface area contributed by atoms with E-state index in [1.54, 1.807) is 13.3 Å². The molecule has 1 N–H and O–H groups in total. The van der Waals surface area contributed by atoms with Gasteiger partial charge in [0, 0.05) is 20.4 Å². The monoisotopic (exact) mass is 181 g/mol. The predicted molar refractivity (Wildman–Crippen MR) is 51.6 cm³/mol. The second-order valence-corrected chi connectivity index (χ2v) is 3.23. The molecule has 72 valence electrons. The Balaban J connectivity index is 3.01. The Hall–Kier alpha value is -1.16. The molecule has 0 aliphatic rings. The fourth-order valence-corrected chi connectivity index (χ4v) is 0.879. The first-order valence-corrected chi connectivity index (χ1v) is 4.16. The highest BCUT2D eigenvalue weighted by atomic mass is 16.5. The minimum Gasteiger partial charge on any atom is -0.373 e. The molecule has 0 radical (unpaired) electrons. The Morgan fingerprint density at radius 3 is 2.69 bits per heavy atom. The first-order chi connectivity index (χ1) is 6.10. The van der Waals surface area contributed by atoms with E-state index in [0.717, 1.165) is 5.82 Å². The molecule has 4 heteroatoms. The molecule has 4 nitrogen and oxygen atoms in total. The highest BCUT2D eigenvalue weighted by Gasteiger charge is 2.22. The second-order valence-electron chi connectivity index (χ2n) is 3.23. The zero-order valence-electron chi connectivity index (χ0n) is 8.46. The molecule has 0 fully saturated rings. The quantitative estimate of drug-likeness (QED) is 0.765. The summed E-state index contributed by atoms with van der Waals surface area (Å²) in [6.07, 6.45) is 1.72. The number of nitrogens with one attached hydrogen (secondary N) is 1. The third-order valence-electron chi connectivity index (χ3n) is 1.96. The van der Waals surface area contributed by atoms with Crippen molar-refractivity contribution in [3.63, 3.8) is 0 Å². The molecule has 0 unspecified atom stereocenters. The fourth-order valence-electron chi connectivity index (χ4n) is 0.879. The Morgan fingerprint density at radius 2 is 2.15 bits per heavy atom. The number of hydrogen-bond acceptors (Lipinski definition) is 4. The van der Waals surface area contributed by atoms with Gasteiger partial charge in [0.25, 0.3) is 0 Å². The van der Waals surface area contributed by atoms with Crippen LogP contribution in [-0.2, 0) is 10.3 Å². The number of anilines is 1. The molecule has 1 rings (SSSR count). The Kier molecular flexibility index (Phi) is 2.83. The van der Waals surface area contributed by atoms with Crippen LogP contribution in [0, 0.1) is 0 Å². The van der Waals surface area contributed by atoms with Crippen LogP contribution in [0.3, 0.4) is 0 Å². The van der Waals surface area contributed by atoms with Crippen molar-refractivity contribution >= 4 is 5.82 Å². The van der Waals surface area contributed by atoms with Gasteiger partial charge in [0.15, 0.2) is 5.82 Å². The molecule has 0 bridgehead atoms. The van der Waals surface area contributed by atoms with Gasteiger partial charge in [0.05, 0.1) is 0 Å². The topological polar surface area (TPSA) is 47.0 Å². The summed E-state index contributed by atoms with van der Waals surface area (Å²) in [5.41, 5.74) is -0.438. The van der Waals surface area contributed by atoms with Crippen LogP contribution in [-0.4, -0.2) is 24.1 Å². The van der Waals surface area contributed by atoms with Gasteiger partial charge in [-0.05, 0) is 19.9 Å². The lowest BCUT2D eigenvalue weighted by atomic mass is 10.1. The van der Waals surface area contributed by atoms with Crippen LogP contribution in [0.4, 0.5) is 5.82 Å². The van der Waals surface area contributed by atoms with Crippen LogP contribution in [0.25, 0.3) is 0 Å². The van der Waals surface area contributed by atoms with Gasteiger partial charge < -0.3 is 10.1 Å². The number of aromatic nitrogens is 2. The maximum atomic E-state index is 5.27. The van der Waals surface area contributed by atoms with E-state index in [1.807, 2.05) is 27.0 Å². The van der Waals surface area contributed by atoms with E-state index >= 15 is 0 Å². The maximum Gasteiger partial charge on any atom is 0.162 e. The van der Waals surface area contributed by atoms with Gasteiger partial charge in [0.1, 0.15) is 11.4 Å². The van der Waals surface area contributed by atoms with Gasteiger partial charge in [-0.25, -0.2) is 9.97 Å². The van der Waals surface area contributed by atoms with Crippen LogP contribution in [0.15, 0.2) is 12.3 Å². The molecule has 0 aromatic carbocycles. The first kappa shape index (κ1) is 9.92. The van der Waals surface area contributed by atoms with E-state index in [1.165, 1.54) is 0 Å². The molecule has 1 aromatic rings. The van der Waals surface area contributed by atoms with Crippen molar-refractivity contribution in [2.75, 3.05) is 19.5 Å². The molecule has 0 spiro atoms. The molecule has 0 saturated heterocycles. The van der Waals surface area contributed by atoms with Crippen molar-refractivity contribution in [2.45, 2.75) is 19.4 Å². The minimum absolute atomic E-state index is 0.438. The Morgan fingerprint density at radius 1 is 1.46 bits per heavy atom. The first-order valence-electron chi connectivity index (χ1n) is 4.16. The number of hydrogen-bond donors (Lipinski definition) is 1. The van der Waals surface area contributed by atoms with E-state index in [-0.39, 0.29) is 0 Å². The van der Waals surface area contributed by atoms with Crippen molar-refractivity contribution < 1.29 is 4.74 Å². The zero-order chi connectivity index (χ0) is 9.90. The van der Waals surface area contributed by atoms with Crippen molar-refractivity contribution in [3.8, 4) is 0 Å². The molecule has 0 atom stereocenters. The number of ether oxygens (including phenoxy) is 1. The summed E-state index contributed by atoms with van der Waals surface area (Å²) in [7, 11) is 3.47. The van der Waals surface area contributed by atoms with E-state index in [0.29, 0.717) is 5.82 Å². The summed E-state index contributed by atoms with van der Waals surface area (Å²) in [6, 6.07) is 1.81. The smallest absolute Gasteiger partial charge is 0.162 e. The predicted octanol–water partition coefficient (Wildman–Crippen LogP) is 1.40. The second kappa shape index (κ2) is 3.70. The number of rotatable bonds is 3. The summed E-state index contributed by atoms with van der Waals surface area (Å²) in [5.74, 6) is 1.48. The number of methoxy groups -OCH3 is 1. The summed E-state index contributed by atoms with van der Waals surface area (Å²) < 4.78 is 5.27. The van der Waals surface area contributed by atoms with Gasteiger partial charge in [0.2, 0.25) is 0 Å². The third-order valence-corrected chi connectivity index (χ3v) is 1.96. The SMILES string of the molecule is CNc1ccnc(C(C)(C)OC)n1. The van der Waals surface area contributed by atoms with Crippen molar-refractivity contribution in [3.05, 3.63) is 18.1 Å². The maximum absolute atomic E-state index is 5.27. The highest BCUT2D eigenvalue weighted by molar-refractivity contribution is 5.32. The van der Waals surface area contributed by atoms with Crippen LogP contribution in [0.5, 0.6) is 0 Å². The Labute approximate surface area is 78.4 Å². The highest BCUT2D eigenvalue weighted by Crippen LogP contribution is 2.20. The van der Waals surface area contributed by atoms with Crippen LogP contribution in [0.1, 0.15) is 19.7 Å². The lowest BCUT2D eigenvalue weighted by Crippen LogP contribution is -2.23. The third kappa shape index (κ3) is 2.15. The summed E-state index contributed by atoms with van der Waals surface area (Å²) in [5, 5.41) is 2.96. The fraction of sp³-hybridized carbons (Fsp3) is 0.556. The van der Waals surface area contributed by atoms with Gasteiger partial charge in [-0.1, -0.05) is 0 Å². The van der Waals surface area contributed by atoms with Crippen molar-refractivity contribution in [2.24, 2.45) is 0 Å². The average Bonchev–Trinajstić information content (AvgIpc) is 2.18. The van der Waals surface area contributed by atoms with Gasteiger partial charge in [-0.15, -0.1) is 0 Å². The summed E-state index contributed by atoms with van der Waals surface area (Å²) in [4.78, 5) is 8.44. The summed E-state index contributed by atoms with van der Waals surface area (Å²) in [6.45, 7) is 3.86. The van der Waals surface area contributed by atoms with E-state index in [4.69, 9.17) is 4.74 Å². The molecule has 13 heavy (non-hydrogen) atoms. The van der Waals surface area contributed by atoms with Crippen molar-refractivity contribution in [1.29, 1.82) is 0 Å². The Bertz CT molecular complexity index is 286. The minimum atomic E-state index is -0.438. The molecule has 1 heterocycles.